The molecule has 0 saturated carbocycles. The van der Waals surface area contributed by atoms with Crippen molar-refractivity contribution < 1.29 is 11.0 Å². The fourth-order valence-corrected chi connectivity index (χ4v) is 5.15. The second-order valence-electron chi connectivity index (χ2n) is 8.73. The third-order valence-corrected chi connectivity index (χ3v) is 6.76. The molecule has 164 valence electrons. The van der Waals surface area contributed by atoms with Crippen molar-refractivity contribution in [2.45, 2.75) is 6.42 Å². The van der Waals surface area contributed by atoms with Gasteiger partial charge in [-0.25, -0.2) is 0 Å². The van der Waals surface area contributed by atoms with E-state index in [0.29, 0.717) is 16.7 Å². The maximum absolute atomic E-state index is 9.10. The molecule has 0 atom stereocenters. The summed E-state index contributed by atoms with van der Waals surface area (Å²) in [6, 6.07) is 24.7. The highest BCUT2D eigenvalue weighted by Gasteiger charge is 2.16. The summed E-state index contributed by atoms with van der Waals surface area (Å²) in [4.78, 5) is 0. The van der Waals surface area contributed by atoms with E-state index < -0.39 is 12.1 Å². The quantitative estimate of drug-likeness (QED) is 0.234. The van der Waals surface area contributed by atoms with Gasteiger partial charge in [0, 0.05) is 0 Å². The number of benzene rings is 7. The summed E-state index contributed by atoms with van der Waals surface area (Å²) in [6.45, 7) is 0. The number of rotatable bonds is 3. The van der Waals surface area contributed by atoms with Gasteiger partial charge in [0.25, 0.3) is 0 Å². The molecule has 0 N–H and O–H groups in total. The third-order valence-electron chi connectivity index (χ3n) is 6.76. The normalized spacial score (nSPS) is 14.7. The Morgan fingerprint density at radius 2 is 1.09 bits per heavy atom. The van der Waals surface area contributed by atoms with Crippen LogP contribution in [0, 0.1) is 0 Å². The van der Waals surface area contributed by atoms with Crippen LogP contribution >= 0.6 is 0 Å². The predicted molar refractivity (Wildman–Crippen MR) is 151 cm³/mol. The van der Waals surface area contributed by atoms with Crippen LogP contribution in [-0.4, -0.2) is 0 Å². The Labute approximate surface area is 216 Å². The number of hydrogen-bond acceptors (Lipinski definition) is 0. The first-order valence-corrected chi connectivity index (χ1v) is 11.6. The molecule has 0 heteroatoms. The summed E-state index contributed by atoms with van der Waals surface area (Å²) in [6.07, 6.45) is 0.205. The second-order valence-corrected chi connectivity index (χ2v) is 8.73. The molecule has 35 heavy (non-hydrogen) atoms. The highest BCUT2D eigenvalue weighted by molar-refractivity contribution is 6.15. The van der Waals surface area contributed by atoms with Crippen LogP contribution in [0.5, 0.6) is 0 Å². The third kappa shape index (κ3) is 3.30. The van der Waals surface area contributed by atoms with Gasteiger partial charge in [-0.1, -0.05) is 127 Å². The minimum Gasteiger partial charge on any atom is -0.0616 e. The lowest BCUT2D eigenvalue weighted by molar-refractivity contribution is 1.26. The fraction of sp³-hybridized carbons (Fsp3) is 0.0286. The van der Waals surface area contributed by atoms with Crippen LogP contribution in [0.3, 0.4) is 0 Å². The van der Waals surface area contributed by atoms with Crippen molar-refractivity contribution >= 4 is 43.1 Å². The van der Waals surface area contributed by atoms with Gasteiger partial charge in [0.05, 0.1) is 11.0 Å². The van der Waals surface area contributed by atoms with Crippen LogP contribution in [-0.2, 0) is 6.42 Å². The Bertz CT molecular complexity index is 2220. The minimum absolute atomic E-state index is 0.205. The second kappa shape index (κ2) is 8.11. The van der Waals surface area contributed by atoms with Crippen molar-refractivity contribution in [1.82, 2.24) is 0 Å². The Hall–Kier alpha value is -4.42. The first-order chi connectivity index (χ1) is 20.7. The van der Waals surface area contributed by atoms with Crippen molar-refractivity contribution in [3.05, 3.63) is 144 Å². The average Bonchev–Trinajstić information content (AvgIpc) is 3.03. The van der Waals surface area contributed by atoms with Gasteiger partial charge in [0.15, 0.2) is 0 Å². The molecule has 7 rings (SSSR count). The van der Waals surface area contributed by atoms with Crippen LogP contribution in [0.1, 0.15) is 22.1 Å². The monoisotopic (exact) mass is 452 g/mol. The molecule has 0 spiro atoms. The van der Waals surface area contributed by atoms with Crippen LogP contribution in [0.15, 0.2) is 133 Å². The van der Waals surface area contributed by atoms with Crippen LogP contribution in [0.4, 0.5) is 0 Å². The Morgan fingerprint density at radius 3 is 1.83 bits per heavy atom. The molecule has 7 aromatic carbocycles. The first kappa shape index (κ1) is 13.5. The zero-order valence-electron chi connectivity index (χ0n) is 26.8. The van der Waals surface area contributed by atoms with Crippen molar-refractivity contribution in [1.29, 1.82) is 0 Å². The van der Waals surface area contributed by atoms with Gasteiger partial charge in [0.2, 0.25) is 0 Å². The molecule has 0 heterocycles. The largest absolute Gasteiger partial charge is 0.0629 e. The first-order valence-electron chi connectivity index (χ1n) is 15.6. The van der Waals surface area contributed by atoms with Gasteiger partial charge in [-0.2, -0.15) is 0 Å². The summed E-state index contributed by atoms with van der Waals surface area (Å²) in [7, 11) is 0. The molecule has 0 aromatic heterocycles. The van der Waals surface area contributed by atoms with Gasteiger partial charge in [0.1, 0.15) is 0 Å². The van der Waals surface area contributed by atoms with Crippen molar-refractivity contribution in [2.24, 2.45) is 0 Å². The SMILES string of the molecule is [2H]c1c([2H])c([2H])c2c(-c3ccc4ccccc4c3)c3c([2H])c([2H])c([2H])c([2H])c3c(Cc3cccc4ccccc34)c2c1[2H]. The molecular formula is C35H24. The Balaban J connectivity index is 1.74. The molecule has 0 aliphatic carbocycles. The van der Waals surface area contributed by atoms with Gasteiger partial charge in [-0.3, -0.25) is 0 Å². The van der Waals surface area contributed by atoms with E-state index in [1.165, 1.54) is 0 Å². The molecule has 0 bridgehead atoms. The van der Waals surface area contributed by atoms with Gasteiger partial charge < -0.3 is 0 Å². The zero-order valence-corrected chi connectivity index (χ0v) is 18.8. The lowest BCUT2D eigenvalue weighted by atomic mass is 9.85. The molecule has 0 aliphatic heterocycles. The summed E-state index contributed by atoms with van der Waals surface area (Å²) < 4.78 is 70.8. The average molecular weight is 453 g/mol. The molecule has 0 radical (unpaired) electrons. The van der Waals surface area contributed by atoms with E-state index in [0.717, 1.165) is 27.1 Å². The van der Waals surface area contributed by atoms with E-state index in [9.17, 15) is 0 Å². The minimum atomic E-state index is -0.393. The van der Waals surface area contributed by atoms with Crippen molar-refractivity contribution in [3.63, 3.8) is 0 Å². The van der Waals surface area contributed by atoms with Gasteiger partial charge in [-0.15, -0.1) is 0 Å². The van der Waals surface area contributed by atoms with E-state index in [-0.39, 0.29) is 64.2 Å². The molecule has 0 aliphatic rings. The highest BCUT2D eigenvalue weighted by atomic mass is 14.2. The van der Waals surface area contributed by atoms with E-state index >= 15 is 0 Å². The Kier molecular flexibility index (Phi) is 3.12. The van der Waals surface area contributed by atoms with E-state index in [2.05, 4.69) is 0 Å². The maximum Gasteiger partial charge on any atom is 0.0629 e. The van der Waals surface area contributed by atoms with Gasteiger partial charge in [-0.05, 0) is 77.8 Å². The Morgan fingerprint density at radius 1 is 0.486 bits per heavy atom. The highest BCUT2D eigenvalue weighted by Crippen LogP contribution is 2.41. The predicted octanol–water partition coefficient (Wildman–Crippen LogP) is 9.56. The van der Waals surface area contributed by atoms with E-state index in [1.54, 1.807) is 0 Å². The molecule has 7 aromatic rings. The number of hydrogen-bond donors (Lipinski definition) is 0. The summed E-state index contributed by atoms with van der Waals surface area (Å²) in [5.41, 5.74) is 2.32. The summed E-state index contributed by atoms with van der Waals surface area (Å²) in [5, 5.41) is 4.87. The lowest BCUT2D eigenvalue weighted by Gasteiger charge is -2.18. The lowest BCUT2D eigenvalue weighted by Crippen LogP contribution is -1.96. The van der Waals surface area contributed by atoms with Crippen LogP contribution < -0.4 is 0 Å². The summed E-state index contributed by atoms with van der Waals surface area (Å²) in [5.74, 6) is 0. The van der Waals surface area contributed by atoms with Gasteiger partial charge >= 0.3 is 0 Å². The molecule has 0 saturated heterocycles. The molecule has 0 nitrogen and oxygen atoms in total. The molecule has 0 amide bonds. The number of fused-ring (bicyclic) bond motifs is 4. The zero-order chi connectivity index (χ0) is 30.2. The topological polar surface area (TPSA) is 0 Å². The van der Waals surface area contributed by atoms with Crippen LogP contribution in [0.2, 0.25) is 0 Å². The fourth-order valence-electron chi connectivity index (χ4n) is 5.15. The van der Waals surface area contributed by atoms with E-state index in [1.807, 2.05) is 84.9 Å². The summed E-state index contributed by atoms with van der Waals surface area (Å²) >= 11 is 0. The molecule has 0 fully saturated rings. The molecular weight excluding hydrogens is 420 g/mol. The van der Waals surface area contributed by atoms with Crippen LogP contribution in [0.25, 0.3) is 54.2 Å². The molecule has 0 unspecified atom stereocenters. The maximum atomic E-state index is 9.10. The van der Waals surface area contributed by atoms with Crippen molar-refractivity contribution in [3.8, 4) is 11.1 Å². The van der Waals surface area contributed by atoms with Crippen molar-refractivity contribution in [2.75, 3.05) is 0 Å². The van der Waals surface area contributed by atoms with E-state index in [4.69, 9.17) is 11.0 Å². The smallest absolute Gasteiger partial charge is 0.0616 e. The standard InChI is InChI=1S/C35H24/c1-2-12-26-22-28(21-20-24(26)10-1)35-32-18-7-5-16-30(32)34(31-17-6-8-19-33(31)35)23-27-14-9-13-25-11-3-4-15-29(25)27/h1-22H,23H2/i5D,6D,7D,8D,16D,17D,18D,19D.